The van der Waals surface area contributed by atoms with E-state index in [0.717, 1.165) is 16.0 Å². The van der Waals surface area contributed by atoms with E-state index in [-0.39, 0.29) is 11.7 Å². The molecule has 104 valence electrons. The first-order chi connectivity index (χ1) is 9.52. The molecule has 0 fully saturated rings. The Labute approximate surface area is 120 Å². The molecule has 0 atom stereocenters. The van der Waals surface area contributed by atoms with Gasteiger partial charge in [-0.3, -0.25) is 10.1 Å². The highest BCUT2D eigenvalue weighted by molar-refractivity contribution is 7.17. The molecule has 2 rings (SSSR count). The second-order valence-corrected chi connectivity index (χ2v) is 5.20. The number of hydrogen-bond donors (Lipinski definition) is 0. The van der Waals surface area contributed by atoms with Crippen molar-refractivity contribution in [2.75, 3.05) is 6.61 Å². The van der Waals surface area contributed by atoms with Gasteiger partial charge < -0.3 is 4.74 Å². The summed E-state index contributed by atoms with van der Waals surface area (Å²) in [5.41, 5.74) is 1.67. The standard InChI is InChI=1S/C14H13NO4S/c1-3-19-14(16)12-7-9(2)13(20-12)10-5-4-6-11(8-10)15(17)18/h4-8H,3H2,1-2H3. The third-order valence-corrected chi connectivity index (χ3v) is 3.98. The summed E-state index contributed by atoms with van der Waals surface area (Å²) in [5, 5.41) is 10.8. The number of nitro benzene ring substituents is 1. The van der Waals surface area contributed by atoms with E-state index < -0.39 is 4.92 Å². The van der Waals surface area contributed by atoms with Crippen LogP contribution in [-0.4, -0.2) is 17.5 Å². The number of rotatable bonds is 4. The van der Waals surface area contributed by atoms with Crippen LogP contribution in [0, 0.1) is 17.0 Å². The van der Waals surface area contributed by atoms with Crippen molar-refractivity contribution in [2.24, 2.45) is 0 Å². The minimum Gasteiger partial charge on any atom is -0.462 e. The number of carbonyl (C=O) groups is 1. The number of benzene rings is 1. The number of ether oxygens (including phenoxy) is 1. The van der Waals surface area contributed by atoms with Gasteiger partial charge in [0.1, 0.15) is 4.88 Å². The summed E-state index contributed by atoms with van der Waals surface area (Å²) < 4.78 is 4.96. The lowest BCUT2D eigenvalue weighted by Gasteiger charge is -1.99. The third-order valence-electron chi connectivity index (χ3n) is 2.71. The maximum atomic E-state index is 11.7. The van der Waals surface area contributed by atoms with Crippen molar-refractivity contribution < 1.29 is 14.5 Å². The van der Waals surface area contributed by atoms with Crippen molar-refractivity contribution in [1.82, 2.24) is 0 Å². The molecular formula is C14H13NO4S. The van der Waals surface area contributed by atoms with Gasteiger partial charge in [-0.25, -0.2) is 4.79 Å². The molecule has 0 bridgehead atoms. The van der Waals surface area contributed by atoms with E-state index in [1.54, 1.807) is 25.1 Å². The quantitative estimate of drug-likeness (QED) is 0.488. The van der Waals surface area contributed by atoms with Crippen LogP contribution < -0.4 is 0 Å². The van der Waals surface area contributed by atoms with Crippen LogP contribution in [0.15, 0.2) is 30.3 Å². The molecular weight excluding hydrogens is 278 g/mol. The fourth-order valence-corrected chi connectivity index (χ4v) is 2.89. The van der Waals surface area contributed by atoms with Crippen LogP contribution in [0.25, 0.3) is 10.4 Å². The number of esters is 1. The molecule has 0 saturated carbocycles. The van der Waals surface area contributed by atoms with Crippen LogP contribution in [0.4, 0.5) is 5.69 Å². The van der Waals surface area contributed by atoms with Crippen LogP contribution in [0.5, 0.6) is 0 Å². The Morgan fingerprint density at radius 3 is 2.80 bits per heavy atom. The summed E-state index contributed by atoms with van der Waals surface area (Å²) in [6.45, 7) is 3.94. The van der Waals surface area contributed by atoms with Crippen LogP contribution in [-0.2, 0) is 4.74 Å². The van der Waals surface area contributed by atoms with Gasteiger partial charge in [-0.2, -0.15) is 0 Å². The predicted molar refractivity (Wildman–Crippen MR) is 77.1 cm³/mol. The molecule has 0 aliphatic heterocycles. The Hall–Kier alpha value is -2.21. The van der Waals surface area contributed by atoms with Gasteiger partial charge >= 0.3 is 5.97 Å². The average molecular weight is 291 g/mol. The van der Waals surface area contributed by atoms with Crippen molar-refractivity contribution in [1.29, 1.82) is 0 Å². The lowest BCUT2D eigenvalue weighted by atomic mass is 10.1. The van der Waals surface area contributed by atoms with Gasteiger partial charge in [0, 0.05) is 17.0 Å². The van der Waals surface area contributed by atoms with E-state index in [2.05, 4.69) is 0 Å². The lowest BCUT2D eigenvalue weighted by molar-refractivity contribution is -0.384. The second-order valence-electron chi connectivity index (χ2n) is 4.15. The van der Waals surface area contributed by atoms with Gasteiger partial charge in [-0.1, -0.05) is 12.1 Å². The smallest absolute Gasteiger partial charge is 0.348 e. The molecule has 0 amide bonds. The van der Waals surface area contributed by atoms with E-state index >= 15 is 0 Å². The Morgan fingerprint density at radius 2 is 2.15 bits per heavy atom. The van der Waals surface area contributed by atoms with Crippen molar-refractivity contribution in [3.63, 3.8) is 0 Å². The predicted octanol–water partition coefficient (Wildman–Crippen LogP) is 3.81. The Kier molecular flexibility index (Phi) is 4.14. The number of non-ortho nitro benzene ring substituents is 1. The van der Waals surface area contributed by atoms with Crippen LogP contribution in [0.2, 0.25) is 0 Å². The summed E-state index contributed by atoms with van der Waals surface area (Å²) in [4.78, 5) is 23.4. The SMILES string of the molecule is CCOC(=O)c1cc(C)c(-c2cccc([N+](=O)[O-])c2)s1. The maximum Gasteiger partial charge on any atom is 0.348 e. The molecule has 0 saturated heterocycles. The molecule has 2 aromatic rings. The zero-order valence-electron chi connectivity index (χ0n) is 11.1. The minimum atomic E-state index is -0.432. The van der Waals surface area contributed by atoms with Gasteiger partial charge in [-0.05, 0) is 31.0 Å². The summed E-state index contributed by atoms with van der Waals surface area (Å²) in [7, 11) is 0. The van der Waals surface area contributed by atoms with Gasteiger partial charge in [0.25, 0.3) is 5.69 Å². The first-order valence-corrected chi connectivity index (χ1v) is 6.87. The largest absolute Gasteiger partial charge is 0.462 e. The molecule has 5 nitrogen and oxygen atoms in total. The van der Waals surface area contributed by atoms with Gasteiger partial charge in [0.15, 0.2) is 0 Å². The summed E-state index contributed by atoms with van der Waals surface area (Å²) in [6, 6.07) is 8.13. The van der Waals surface area contributed by atoms with Crippen molar-refractivity contribution in [2.45, 2.75) is 13.8 Å². The number of thiophene rings is 1. The van der Waals surface area contributed by atoms with E-state index in [0.29, 0.717) is 11.5 Å². The minimum absolute atomic E-state index is 0.0352. The molecule has 0 aliphatic rings. The molecule has 1 heterocycles. The fourth-order valence-electron chi connectivity index (χ4n) is 1.83. The summed E-state index contributed by atoms with van der Waals surface area (Å²) >= 11 is 1.28. The Bertz CT molecular complexity index is 663. The van der Waals surface area contributed by atoms with Crippen LogP contribution in [0.3, 0.4) is 0 Å². The third kappa shape index (κ3) is 2.85. The molecule has 0 radical (unpaired) electrons. The van der Waals surface area contributed by atoms with Crippen molar-refractivity contribution >= 4 is 23.0 Å². The maximum absolute atomic E-state index is 11.7. The highest BCUT2D eigenvalue weighted by Gasteiger charge is 2.16. The molecule has 20 heavy (non-hydrogen) atoms. The molecule has 6 heteroatoms. The first-order valence-electron chi connectivity index (χ1n) is 6.05. The Morgan fingerprint density at radius 1 is 1.40 bits per heavy atom. The van der Waals surface area contributed by atoms with Gasteiger partial charge in [0.2, 0.25) is 0 Å². The monoisotopic (exact) mass is 291 g/mol. The highest BCUT2D eigenvalue weighted by Crippen LogP contribution is 2.34. The second kappa shape index (κ2) is 5.83. The van der Waals surface area contributed by atoms with Crippen molar-refractivity contribution in [3.05, 3.63) is 50.9 Å². The molecule has 0 aliphatic carbocycles. The first kappa shape index (κ1) is 14.2. The summed E-state index contributed by atoms with van der Waals surface area (Å²) in [6.07, 6.45) is 0. The normalized spacial score (nSPS) is 10.3. The van der Waals surface area contributed by atoms with E-state index in [1.165, 1.54) is 23.5 Å². The molecule has 1 aromatic heterocycles. The topological polar surface area (TPSA) is 69.4 Å². The van der Waals surface area contributed by atoms with Crippen molar-refractivity contribution in [3.8, 4) is 10.4 Å². The zero-order chi connectivity index (χ0) is 14.7. The van der Waals surface area contributed by atoms with Crippen LogP contribution in [0.1, 0.15) is 22.2 Å². The highest BCUT2D eigenvalue weighted by atomic mass is 32.1. The number of nitro groups is 1. The number of carbonyl (C=O) groups excluding carboxylic acids is 1. The number of hydrogen-bond acceptors (Lipinski definition) is 5. The Balaban J connectivity index is 2.40. The van der Waals surface area contributed by atoms with Crippen LogP contribution >= 0.6 is 11.3 Å². The number of nitrogens with zero attached hydrogens (tertiary/aromatic N) is 1. The van der Waals surface area contributed by atoms with E-state index in [1.807, 2.05) is 6.92 Å². The summed E-state index contributed by atoms with van der Waals surface area (Å²) in [5.74, 6) is -0.364. The molecule has 0 N–H and O–H groups in total. The zero-order valence-corrected chi connectivity index (χ0v) is 11.9. The van der Waals surface area contributed by atoms with E-state index in [9.17, 15) is 14.9 Å². The molecule has 0 unspecified atom stereocenters. The average Bonchev–Trinajstić information content (AvgIpc) is 2.81. The molecule has 0 spiro atoms. The number of aryl methyl sites for hydroxylation is 1. The fraction of sp³-hybridized carbons (Fsp3) is 0.214. The van der Waals surface area contributed by atoms with Gasteiger partial charge in [0.05, 0.1) is 11.5 Å². The molecule has 1 aromatic carbocycles. The lowest BCUT2D eigenvalue weighted by Crippen LogP contribution is -2.01. The van der Waals surface area contributed by atoms with Gasteiger partial charge in [-0.15, -0.1) is 11.3 Å². The van der Waals surface area contributed by atoms with E-state index in [4.69, 9.17) is 4.74 Å².